The first kappa shape index (κ1) is 19.2. The lowest BCUT2D eigenvalue weighted by Gasteiger charge is -2.10. The fraction of sp³-hybridized carbons (Fsp3) is 0.0435. The summed E-state index contributed by atoms with van der Waals surface area (Å²) in [5.74, 6) is -1.88. The first-order valence-electron chi connectivity index (χ1n) is 9.13. The molecule has 7 heteroatoms. The second-order valence-corrected chi connectivity index (χ2v) is 6.41. The largest absolute Gasteiger partial charge is 0.452 e. The van der Waals surface area contributed by atoms with Crippen LogP contribution in [0, 0.1) is 5.82 Å². The Kier molecular flexibility index (Phi) is 5.43. The van der Waals surface area contributed by atoms with Gasteiger partial charge in [0.2, 0.25) is 0 Å². The van der Waals surface area contributed by atoms with Gasteiger partial charge >= 0.3 is 5.97 Å². The lowest BCUT2D eigenvalue weighted by molar-refractivity contribution is -0.119. The van der Waals surface area contributed by atoms with Crippen LogP contribution in [0.4, 0.5) is 10.1 Å². The molecule has 148 valence electrons. The summed E-state index contributed by atoms with van der Waals surface area (Å²) in [5.41, 5.74) is 2.30. The van der Waals surface area contributed by atoms with Crippen molar-refractivity contribution in [1.82, 2.24) is 9.97 Å². The number of carbonyl (C=O) groups is 2. The summed E-state index contributed by atoms with van der Waals surface area (Å²) in [6.45, 7) is -0.547. The van der Waals surface area contributed by atoms with Crippen molar-refractivity contribution < 1.29 is 18.7 Å². The Morgan fingerprint density at radius 1 is 0.967 bits per heavy atom. The number of halogens is 1. The molecule has 4 rings (SSSR count). The maximum atomic E-state index is 13.7. The van der Waals surface area contributed by atoms with Gasteiger partial charge in [0.25, 0.3) is 5.91 Å². The lowest BCUT2D eigenvalue weighted by atomic mass is 10.0. The van der Waals surface area contributed by atoms with Gasteiger partial charge in [-0.3, -0.25) is 9.78 Å². The zero-order valence-electron chi connectivity index (χ0n) is 15.7. The van der Waals surface area contributed by atoms with E-state index in [9.17, 15) is 14.0 Å². The SMILES string of the molecule is O=C(COC(=O)c1cc(-c2ccncc2)nc2ccccc12)Nc1ccccc1F. The average molecular weight is 401 g/mol. The van der Waals surface area contributed by atoms with E-state index < -0.39 is 24.3 Å². The number of benzene rings is 2. The average Bonchev–Trinajstić information content (AvgIpc) is 2.79. The molecule has 2 heterocycles. The quantitative estimate of drug-likeness (QED) is 0.506. The number of ether oxygens (including phenoxy) is 1. The van der Waals surface area contributed by atoms with Crippen LogP contribution in [-0.4, -0.2) is 28.5 Å². The third-order valence-electron chi connectivity index (χ3n) is 4.39. The van der Waals surface area contributed by atoms with Gasteiger partial charge in [-0.1, -0.05) is 30.3 Å². The molecule has 0 fully saturated rings. The molecule has 0 radical (unpaired) electrons. The van der Waals surface area contributed by atoms with Crippen LogP contribution in [0.5, 0.6) is 0 Å². The topological polar surface area (TPSA) is 81.2 Å². The van der Waals surface area contributed by atoms with E-state index in [1.165, 1.54) is 18.2 Å². The van der Waals surface area contributed by atoms with E-state index in [1.807, 2.05) is 6.07 Å². The van der Waals surface area contributed by atoms with Crippen LogP contribution in [-0.2, 0) is 9.53 Å². The van der Waals surface area contributed by atoms with Gasteiger partial charge < -0.3 is 10.1 Å². The number of amides is 1. The first-order valence-corrected chi connectivity index (χ1v) is 9.13. The minimum absolute atomic E-state index is 0.0212. The van der Waals surface area contributed by atoms with E-state index in [1.54, 1.807) is 54.9 Å². The maximum absolute atomic E-state index is 13.7. The van der Waals surface area contributed by atoms with Crippen LogP contribution in [0.1, 0.15) is 10.4 Å². The summed E-state index contributed by atoms with van der Waals surface area (Å²) >= 11 is 0. The molecule has 4 aromatic rings. The van der Waals surface area contributed by atoms with Gasteiger partial charge in [-0.2, -0.15) is 0 Å². The zero-order chi connectivity index (χ0) is 20.9. The van der Waals surface area contributed by atoms with Crippen LogP contribution >= 0.6 is 0 Å². The van der Waals surface area contributed by atoms with E-state index in [0.717, 1.165) is 5.56 Å². The molecule has 0 aliphatic carbocycles. The Bertz CT molecular complexity index is 1230. The van der Waals surface area contributed by atoms with Gasteiger partial charge in [0.15, 0.2) is 6.61 Å². The number of hydrogen-bond acceptors (Lipinski definition) is 5. The number of pyridine rings is 2. The van der Waals surface area contributed by atoms with Crippen molar-refractivity contribution in [3.8, 4) is 11.3 Å². The zero-order valence-corrected chi connectivity index (χ0v) is 15.7. The van der Waals surface area contributed by atoms with Crippen LogP contribution in [0.25, 0.3) is 22.2 Å². The Morgan fingerprint density at radius 3 is 2.50 bits per heavy atom. The van der Waals surface area contributed by atoms with Crippen molar-refractivity contribution in [3.63, 3.8) is 0 Å². The van der Waals surface area contributed by atoms with Crippen LogP contribution in [0.2, 0.25) is 0 Å². The summed E-state index contributed by atoms with van der Waals surface area (Å²) in [7, 11) is 0. The van der Waals surface area contributed by atoms with Crippen LogP contribution in [0.15, 0.2) is 79.1 Å². The third-order valence-corrected chi connectivity index (χ3v) is 4.39. The summed E-state index contributed by atoms with van der Waals surface area (Å²) in [6, 6.07) is 18.1. The normalized spacial score (nSPS) is 10.6. The Balaban J connectivity index is 1.57. The monoisotopic (exact) mass is 401 g/mol. The van der Waals surface area contributed by atoms with E-state index in [2.05, 4.69) is 15.3 Å². The molecule has 1 amide bonds. The fourth-order valence-electron chi connectivity index (χ4n) is 2.97. The molecule has 2 aromatic heterocycles. The molecule has 0 spiro atoms. The molecule has 30 heavy (non-hydrogen) atoms. The number of carbonyl (C=O) groups excluding carboxylic acids is 2. The summed E-state index contributed by atoms with van der Waals surface area (Å²) in [4.78, 5) is 33.4. The molecule has 0 saturated carbocycles. The maximum Gasteiger partial charge on any atom is 0.339 e. The highest BCUT2D eigenvalue weighted by molar-refractivity contribution is 6.05. The van der Waals surface area contributed by atoms with Gasteiger partial charge in [-0.25, -0.2) is 14.2 Å². The predicted molar refractivity (Wildman–Crippen MR) is 110 cm³/mol. The molecule has 0 unspecified atom stereocenters. The highest BCUT2D eigenvalue weighted by atomic mass is 19.1. The second-order valence-electron chi connectivity index (χ2n) is 6.41. The number of nitrogens with zero attached hydrogens (tertiary/aromatic N) is 2. The van der Waals surface area contributed by atoms with Gasteiger partial charge in [-0.05, 0) is 36.4 Å². The number of rotatable bonds is 5. The number of esters is 1. The van der Waals surface area contributed by atoms with Crippen LogP contribution < -0.4 is 5.32 Å². The molecular weight excluding hydrogens is 385 g/mol. The van der Waals surface area contributed by atoms with Crippen LogP contribution in [0.3, 0.4) is 0 Å². The molecule has 0 bridgehead atoms. The van der Waals surface area contributed by atoms with E-state index in [4.69, 9.17) is 4.74 Å². The van der Waals surface area contributed by atoms with Crippen molar-refractivity contribution in [2.75, 3.05) is 11.9 Å². The van der Waals surface area contributed by atoms with E-state index >= 15 is 0 Å². The molecule has 0 atom stereocenters. The minimum atomic E-state index is -0.674. The second kappa shape index (κ2) is 8.48. The lowest BCUT2D eigenvalue weighted by Crippen LogP contribution is -2.21. The standard InChI is InChI=1S/C23H16FN3O3/c24-18-6-2-4-8-20(18)27-22(28)14-30-23(29)17-13-21(15-9-11-25-12-10-15)26-19-7-3-1-5-16(17)19/h1-13H,14H2,(H,27,28). The van der Waals surface area contributed by atoms with Crippen molar-refractivity contribution in [1.29, 1.82) is 0 Å². The van der Waals surface area contributed by atoms with Crippen molar-refractivity contribution >= 4 is 28.5 Å². The minimum Gasteiger partial charge on any atom is -0.452 e. The first-order chi connectivity index (χ1) is 14.6. The van der Waals surface area contributed by atoms with Gasteiger partial charge in [0.1, 0.15) is 5.82 Å². The van der Waals surface area contributed by atoms with Crippen molar-refractivity contribution in [2.45, 2.75) is 0 Å². The number of anilines is 1. The molecule has 1 N–H and O–H groups in total. The number of fused-ring (bicyclic) bond motifs is 1. The number of aromatic nitrogens is 2. The number of para-hydroxylation sites is 2. The third kappa shape index (κ3) is 4.15. The number of nitrogens with one attached hydrogen (secondary N) is 1. The van der Waals surface area contributed by atoms with E-state index in [0.29, 0.717) is 16.6 Å². The summed E-state index contributed by atoms with van der Waals surface area (Å²) in [6.07, 6.45) is 3.27. The molecule has 0 aliphatic heterocycles. The molecule has 0 saturated heterocycles. The van der Waals surface area contributed by atoms with E-state index in [-0.39, 0.29) is 11.3 Å². The Hall–Kier alpha value is -4.13. The Labute approximate surface area is 171 Å². The Morgan fingerprint density at radius 2 is 1.70 bits per heavy atom. The summed E-state index contributed by atoms with van der Waals surface area (Å²) < 4.78 is 18.8. The molecular formula is C23H16FN3O3. The predicted octanol–water partition coefficient (Wildman–Crippen LogP) is 4.23. The highest BCUT2D eigenvalue weighted by Crippen LogP contribution is 2.25. The molecule has 0 aliphatic rings. The van der Waals surface area contributed by atoms with Gasteiger partial charge in [-0.15, -0.1) is 0 Å². The van der Waals surface area contributed by atoms with Gasteiger partial charge in [0.05, 0.1) is 22.5 Å². The number of hydrogen-bond donors (Lipinski definition) is 1. The molecule has 6 nitrogen and oxygen atoms in total. The van der Waals surface area contributed by atoms with Gasteiger partial charge in [0, 0.05) is 23.3 Å². The van der Waals surface area contributed by atoms with Crippen molar-refractivity contribution in [3.05, 3.63) is 90.5 Å². The highest BCUT2D eigenvalue weighted by Gasteiger charge is 2.17. The molecule has 2 aromatic carbocycles. The van der Waals surface area contributed by atoms with Crippen molar-refractivity contribution in [2.24, 2.45) is 0 Å². The smallest absolute Gasteiger partial charge is 0.339 e. The summed E-state index contributed by atoms with van der Waals surface area (Å²) in [5, 5.41) is 2.99. The fourth-order valence-corrected chi connectivity index (χ4v) is 2.97.